The summed E-state index contributed by atoms with van der Waals surface area (Å²) in [7, 11) is 1.59. The van der Waals surface area contributed by atoms with Crippen molar-refractivity contribution in [1.29, 1.82) is 0 Å². The second-order valence-corrected chi connectivity index (χ2v) is 15.1. The monoisotopic (exact) mass is 813 g/mol. The summed E-state index contributed by atoms with van der Waals surface area (Å²) >= 11 is 0. The molecule has 2 atom stereocenters. The van der Waals surface area contributed by atoms with Gasteiger partial charge in [0.2, 0.25) is 5.82 Å². The number of nitrogens with one attached hydrogen (secondary N) is 1. The van der Waals surface area contributed by atoms with E-state index in [9.17, 15) is 41.0 Å². The van der Waals surface area contributed by atoms with Crippen LogP contribution in [0.5, 0.6) is 5.75 Å². The molecule has 2 aliphatic heterocycles. The number of carbonyl (C=O) groups excluding carboxylic acids is 2. The van der Waals surface area contributed by atoms with Crippen LogP contribution in [-0.2, 0) is 33.1 Å². The van der Waals surface area contributed by atoms with Gasteiger partial charge in [0.25, 0.3) is 5.91 Å². The molecule has 5 rings (SSSR count). The van der Waals surface area contributed by atoms with Crippen LogP contribution in [0, 0.1) is 24.0 Å². The molecule has 2 aromatic carbocycles. The fourth-order valence-electron chi connectivity index (χ4n) is 7.24. The minimum Gasteiger partial charge on any atom is -0.510 e. The molecule has 0 spiro atoms. The van der Waals surface area contributed by atoms with Gasteiger partial charge in [-0.3, -0.25) is 19.4 Å². The van der Waals surface area contributed by atoms with Gasteiger partial charge in [0.15, 0.2) is 23.0 Å². The number of amides is 1. The highest BCUT2D eigenvalue weighted by atomic mass is 19.4. The number of ether oxygens (including phenoxy) is 2. The summed E-state index contributed by atoms with van der Waals surface area (Å²) in [5.74, 6) is -5.37. The Hall–Kier alpha value is -4.68. The minimum atomic E-state index is -4.98. The first-order valence-electron chi connectivity index (χ1n) is 18.1. The molecule has 310 valence electrons. The van der Waals surface area contributed by atoms with Crippen molar-refractivity contribution < 1.29 is 59.3 Å². The lowest BCUT2D eigenvalue weighted by Crippen LogP contribution is -2.51. The summed E-state index contributed by atoms with van der Waals surface area (Å²) in [6.07, 6.45) is -9.85. The molecule has 0 aliphatic carbocycles. The Morgan fingerprint density at radius 3 is 2.32 bits per heavy atom. The van der Waals surface area contributed by atoms with E-state index in [4.69, 9.17) is 9.47 Å². The molecule has 1 amide bonds. The van der Waals surface area contributed by atoms with E-state index in [1.807, 2.05) is 0 Å². The first-order valence-corrected chi connectivity index (χ1v) is 18.1. The normalized spacial score (nSPS) is 20.6. The van der Waals surface area contributed by atoms with Crippen LogP contribution in [0.3, 0.4) is 0 Å². The molecule has 0 radical (unpaired) electrons. The third-order valence-corrected chi connectivity index (χ3v) is 10.1. The van der Waals surface area contributed by atoms with Crippen LogP contribution in [0.25, 0.3) is 11.3 Å². The number of morpholine rings is 1. The Bertz CT molecular complexity index is 2010. The molecular formula is C39H43F8N5O5. The van der Waals surface area contributed by atoms with Crippen molar-refractivity contribution in [3.05, 3.63) is 82.0 Å². The Morgan fingerprint density at radius 1 is 1.00 bits per heavy atom. The number of hydrogen-bond acceptors (Lipinski definition) is 9. The van der Waals surface area contributed by atoms with E-state index in [0.717, 1.165) is 13.0 Å². The summed E-state index contributed by atoms with van der Waals surface area (Å²) < 4.78 is 124. The molecule has 0 bridgehead atoms. The number of alkyl halides is 6. The lowest BCUT2D eigenvalue weighted by molar-refractivity contribution is -0.141. The Labute approximate surface area is 323 Å². The highest BCUT2D eigenvalue weighted by molar-refractivity contribution is 6.24. The van der Waals surface area contributed by atoms with Gasteiger partial charge in [-0.2, -0.15) is 30.7 Å². The maximum atomic E-state index is 15.5. The van der Waals surface area contributed by atoms with Crippen LogP contribution in [0.1, 0.15) is 56.0 Å². The van der Waals surface area contributed by atoms with Crippen LogP contribution in [-0.4, -0.2) is 95.2 Å². The largest absolute Gasteiger partial charge is 0.510 e. The topological polar surface area (TPSA) is 117 Å². The molecule has 18 heteroatoms. The number of aliphatic hydroxyl groups is 1. The number of aliphatic hydroxyl groups excluding tert-OH is 1. The number of ketones is 1. The summed E-state index contributed by atoms with van der Waals surface area (Å²) in [5.41, 5.74) is -6.47. The van der Waals surface area contributed by atoms with Gasteiger partial charge >= 0.3 is 12.4 Å². The first kappa shape index (κ1) is 43.4. The number of anilines is 1. The van der Waals surface area contributed by atoms with E-state index in [0.29, 0.717) is 51.3 Å². The van der Waals surface area contributed by atoms with Crippen molar-refractivity contribution in [2.24, 2.45) is 5.41 Å². The summed E-state index contributed by atoms with van der Waals surface area (Å²) in [6.45, 7) is 9.23. The molecule has 1 saturated heterocycles. The molecule has 0 saturated carbocycles. The summed E-state index contributed by atoms with van der Waals surface area (Å²) in [6, 6.07) is 2.87. The predicted molar refractivity (Wildman–Crippen MR) is 192 cm³/mol. The summed E-state index contributed by atoms with van der Waals surface area (Å²) in [4.78, 5) is 38.5. The van der Waals surface area contributed by atoms with Crippen LogP contribution in [0.15, 0.2) is 48.0 Å². The predicted octanol–water partition coefficient (Wildman–Crippen LogP) is 7.55. The lowest BCUT2D eigenvalue weighted by atomic mass is 9.79. The van der Waals surface area contributed by atoms with Crippen LogP contribution in [0.4, 0.5) is 40.8 Å². The van der Waals surface area contributed by atoms with Crippen LogP contribution in [0.2, 0.25) is 0 Å². The quantitative estimate of drug-likeness (QED) is 0.167. The van der Waals surface area contributed by atoms with Crippen molar-refractivity contribution in [3.63, 3.8) is 0 Å². The van der Waals surface area contributed by atoms with Crippen molar-refractivity contribution in [2.45, 2.75) is 71.4 Å². The van der Waals surface area contributed by atoms with E-state index in [2.05, 4.69) is 20.2 Å². The number of carbonyl (C=O) groups is 2. The van der Waals surface area contributed by atoms with E-state index in [-0.39, 0.29) is 37.2 Å². The highest BCUT2D eigenvalue weighted by Crippen LogP contribution is 2.41. The van der Waals surface area contributed by atoms with Crippen molar-refractivity contribution in [3.8, 4) is 17.0 Å². The Morgan fingerprint density at radius 2 is 1.68 bits per heavy atom. The van der Waals surface area contributed by atoms with E-state index in [1.165, 1.54) is 12.1 Å². The second kappa shape index (κ2) is 17.0. The van der Waals surface area contributed by atoms with Gasteiger partial charge < -0.3 is 19.9 Å². The van der Waals surface area contributed by atoms with E-state index < -0.39 is 98.3 Å². The number of hydrogen-bond donors (Lipinski definition) is 2. The standard InChI is InChI=1S/C39H43F8N5O5/c1-21-32(48-20-49-34(21)39(45,46)47)25-19-23(38(42,43)44)7-9-26(25)50-36(55)29-27(53)10-8-24(51(5)35(33(29)54)37(2,3)4)18-22-6-11-28(31(41)30(22)40)57-17-14-52-12-15-56-16-13-52/h6-7,9,11,19-20,24,35,54H,8,10,12-18H2,1-5H3,(H,50,55)/b33-29-. The van der Waals surface area contributed by atoms with Crippen molar-refractivity contribution >= 4 is 17.4 Å². The molecule has 2 N–H and O–H groups in total. The highest BCUT2D eigenvalue weighted by Gasteiger charge is 2.42. The SMILES string of the molecule is Cc1c(-c2cc(C(F)(F)F)ccc2NC(=O)/C2=C(\O)C(C(C)(C)C)N(C)C(Cc3ccc(OCCN4CCOCC4)c(F)c3F)CCC2=O)ncnc1C(F)(F)F. The zero-order valence-corrected chi connectivity index (χ0v) is 31.9. The number of benzene rings is 2. The maximum Gasteiger partial charge on any atom is 0.433 e. The molecule has 1 aromatic heterocycles. The average molecular weight is 814 g/mol. The molecular weight excluding hydrogens is 770 g/mol. The third kappa shape index (κ3) is 9.90. The maximum absolute atomic E-state index is 15.5. The van der Waals surface area contributed by atoms with E-state index >= 15 is 8.78 Å². The van der Waals surface area contributed by atoms with Gasteiger partial charge in [0.1, 0.15) is 24.3 Å². The Balaban J connectivity index is 1.44. The fourth-order valence-corrected chi connectivity index (χ4v) is 7.24. The number of likely N-dealkylation sites (N-methyl/N-ethyl adjacent to an activating group) is 1. The van der Waals surface area contributed by atoms with Crippen LogP contribution >= 0.6 is 0 Å². The van der Waals surface area contributed by atoms with Gasteiger partial charge in [-0.25, -0.2) is 14.4 Å². The summed E-state index contributed by atoms with van der Waals surface area (Å²) in [5, 5.41) is 14.1. The lowest BCUT2D eigenvalue weighted by Gasteiger charge is -2.43. The van der Waals surface area contributed by atoms with Gasteiger partial charge in [0.05, 0.1) is 36.2 Å². The minimum absolute atomic E-state index is 0.0106. The van der Waals surface area contributed by atoms with E-state index in [1.54, 1.807) is 32.7 Å². The molecule has 10 nitrogen and oxygen atoms in total. The molecule has 3 heterocycles. The van der Waals surface area contributed by atoms with Gasteiger partial charge in [-0.05, 0) is 62.1 Å². The van der Waals surface area contributed by atoms with Gasteiger partial charge in [-0.1, -0.05) is 26.8 Å². The molecule has 57 heavy (non-hydrogen) atoms. The number of aromatic nitrogens is 2. The smallest absolute Gasteiger partial charge is 0.433 e. The second-order valence-electron chi connectivity index (χ2n) is 15.1. The number of halogens is 8. The zero-order valence-electron chi connectivity index (χ0n) is 31.9. The van der Waals surface area contributed by atoms with Crippen molar-refractivity contribution in [1.82, 2.24) is 19.8 Å². The average Bonchev–Trinajstić information content (AvgIpc) is 3.11. The Kier molecular flexibility index (Phi) is 13.0. The first-order chi connectivity index (χ1) is 26.6. The number of Topliss-reactive ketones (excluding diaryl/α,β-unsaturated/α-hetero) is 1. The fraction of sp³-hybridized carbons (Fsp3) is 0.487. The van der Waals surface area contributed by atoms with Gasteiger partial charge in [-0.15, -0.1) is 0 Å². The molecule has 2 unspecified atom stereocenters. The number of nitrogens with zero attached hydrogens (tertiary/aromatic N) is 4. The number of rotatable bonds is 9. The van der Waals surface area contributed by atoms with Crippen molar-refractivity contribution in [2.75, 3.05) is 51.8 Å². The molecule has 1 fully saturated rings. The zero-order chi connectivity index (χ0) is 42.0. The third-order valence-electron chi connectivity index (χ3n) is 10.1. The van der Waals surface area contributed by atoms with Gasteiger partial charge in [0, 0.05) is 43.2 Å². The molecule has 3 aromatic rings. The van der Waals surface area contributed by atoms with Crippen LogP contribution < -0.4 is 10.1 Å². The molecule has 2 aliphatic rings.